The highest BCUT2D eigenvalue weighted by Gasteiger charge is 2.44. The number of rotatable bonds is 2. The number of nitrogens with one attached hydrogen (secondary N) is 1. The lowest BCUT2D eigenvalue weighted by atomic mass is 9.89. The van der Waals surface area contributed by atoms with Crippen LogP contribution in [0.25, 0.3) is 0 Å². The van der Waals surface area contributed by atoms with Crippen LogP contribution < -0.4 is 10.2 Å². The summed E-state index contributed by atoms with van der Waals surface area (Å²) in [6, 6.07) is 4.64. The van der Waals surface area contributed by atoms with Crippen LogP contribution in [0.5, 0.6) is 0 Å². The largest absolute Gasteiger partial charge is 0.450 e. The van der Waals surface area contributed by atoms with Crippen LogP contribution in [-0.4, -0.2) is 54.9 Å². The van der Waals surface area contributed by atoms with Gasteiger partial charge >= 0.3 is 6.09 Å². The zero-order valence-corrected chi connectivity index (χ0v) is 16.1. The van der Waals surface area contributed by atoms with E-state index in [0.717, 1.165) is 37.4 Å². The van der Waals surface area contributed by atoms with Crippen LogP contribution in [0.2, 0.25) is 0 Å². The summed E-state index contributed by atoms with van der Waals surface area (Å²) in [6.07, 6.45) is 1.89. The average Bonchev–Trinajstić information content (AvgIpc) is 2.76. The number of amides is 2. The Morgan fingerprint density at radius 2 is 2.19 bits per heavy atom. The van der Waals surface area contributed by atoms with Gasteiger partial charge in [-0.3, -0.25) is 4.79 Å². The first kappa shape index (κ1) is 17.5. The van der Waals surface area contributed by atoms with Crippen molar-refractivity contribution in [2.75, 3.05) is 42.2 Å². The number of hydrogen-bond acceptors (Lipinski definition) is 5. The van der Waals surface area contributed by atoms with E-state index in [2.05, 4.69) is 22.3 Å². The van der Waals surface area contributed by atoms with Crippen LogP contribution in [0.1, 0.15) is 38.2 Å². The molecular weight excluding hydrogens is 350 g/mol. The minimum absolute atomic E-state index is 0.0565. The standard InChI is InChI=1S/C19H25N3O3S/c1-3-25-19(24)21-7-5-16-15(11-21)14-9-13(20-12(2)23)10-17-18(14)22(16)6-4-8-26-17/h9-10,15-16H,3-8,11H2,1-2H3,(H,20,23)/t15-,16-/m1/s1. The lowest BCUT2D eigenvalue weighted by Crippen LogP contribution is -2.48. The number of carbonyl (C=O) groups excluding carboxylic acids is 2. The van der Waals surface area contributed by atoms with Crippen molar-refractivity contribution in [2.45, 2.75) is 43.5 Å². The van der Waals surface area contributed by atoms with Crippen LogP contribution in [0.4, 0.5) is 16.2 Å². The number of fused-ring (bicyclic) bond motifs is 3. The number of anilines is 2. The second kappa shape index (κ2) is 7.02. The molecule has 0 radical (unpaired) electrons. The number of nitrogens with zero attached hydrogens (tertiary/aromatic N) is 2. The molecule has 26 heavy (non-hydrogen) atoms. The molecule has 0 unspecified atom stereocenters. The summed E-state index contributed by atoms with van der Waals surface area (Å²) in [5.74, 6) is 1.31. The molecule has 2 amide bonds. The number of carbonyl (C=O) groups is 2. The van der Waals surface area contributed by atoms with Gasteiger partial charge in [-0.15, -0.1) is 11.8 Å². The number of thioether (sulfide) groups is 1. The molecule has 1 aromatic rings. The summed E-state index contributed by atoms with van der Waals surface area (Å²) >= 11 is 1.87. The molecular formula is C19H25N3O3S. The zero-order valence-electron chi connectivity index (χ0n) is 15.3. The van der Waals surface area contributed by atoms with Crippen molar-refractivity contribution in [3.05, 3.63) is 17.7 Å². The van der Waals surface area contributed by atoms with Crippen LogP contribution in [0.15, 0.2) is 17.0 Å². The molecule has 140 valence electrons. The Morgan fingerprint density at radius 3 is 2.96 bits per heavy atom. The van der Waals surface area contributed by atoms with Crippen LogP contribution in [-0.2, 0) is 9.53 Å². The monoisotopic (exact) mass is 375 g/mol. The van der Waals surface area contributed by atoms with Crippen molar-refractivity contribution in [3.63, 3.8) is 0 Å². The van der Waals surface area contributed by atoms with Gasteiger partial charge < -0.3 is 19.9 Å². The molecule has 0 saturated carbocycles. The Hall–Kier alpha value is -1.89. The van der Waals surface area contributed by atoms with Crippen molar-refractivity contribution in [2.24, 2.45) is 0 Å². The predicted molar refractivity (Wildman–Crippen MR) is 103 cm³/mol. The first-order valence-electron chi connectivity index (χ1n) is 9.35. The molecule has 3 aliphatic rings. The predicted octanol–water partition coefficient (Wildman–Crippen LogP) is 3.28. The van der Waals surface area contributed by atoms with E-state index in [1.807, 2.05) is 23.6 Å². The van der Waals surface area contributed by atoms with Crippen LogP contribution in [0, 0.1) is 0 Å². The SMILES string of the molecule is CCOC(=O)N1CC[C@@H]2[C@H](C1)c1cc(NC(C)=O)cc3c1N2CCCS3. The quantitative estimate of drug-likeness (QED) is 0.860. The van der Waals surface area contributed by atoms with Crippen molar-refractivity contribution >= 4 is 35.1 Å². The molecule has 0 aliphatic carbocycles. The summed E-state index contributed by atoms with van der Waals surface area (Å²) in [4.78, 5) is 29.4. The van der Waals surface area contributed by atoms with Gasteiger partial charge in [0.25, 0.3) is 0 Å². The Labute approximate surface area is 158 Å². The van der Waals surface area contributed by atoms with E-state index in [1.165, 1.54) is 23.1 Å². The first-order chi connectivity index (χ1) is 12.6. The van der Waals surface area contributed by atoms with E-state index in [0.29, 0.717) is 19.2 Å². The van der Waals surface area contributed by atoms with Gasteiger partial charge in [0, 0.05) is 49.1 Å². The average molecular weight is 375 g/mol. The molecule has 6 nitrogen and oxygen atoms in total. The van der Waals surface area contributed by atoms with Gasteiger partial charge in [0.2, 0.25) is 5.91 Å². The third kappa shape index (κ3) is 3.02. The molecule has 3 heterocycles. The third-order valence-electron chi connectivity index (χ3n) is 5.42. The van der Waals surface area contributed by atoms with E-state index in [-0.39, 0.29) is 17.9 Å². The van der Waals surface area contributed by atoms with E-state index >= 15 is 0 Å². The summed E-state index contributed by atoms with van der Waals surface area (Å²) in [7, 11) is 0. The second-order valence-electron chi connectivity index (χ2n) is 7.10. The van der Waals surface area contributed by atoms with Gasteiger partial charge in [0.05, 0.1) is 12.3 Å². The summed E-state index contributed by atoms with van der Waals surface area (Å²) in [5, 5.41) is 2.94. The van der Waals surface area contributed by atoms with Crippen molar-refractivity contribution < 1.29 is 14.3 Å². The molecule has 1 N–H and O–H groups in total. The summed E-state index contributed by atoms with van der Waals surface area (Å²) in [6.45, 7) is 6.27. The smallest absolute Gasteiger partial charge is 0.409 e. The number of hydrogen-bond donors (Lipinski definition) is 1. The topological polar surface area (TPSA) is 61.9 Å². The van der Waals surface area contributed by atoms with Gasteiger partial charge in [-0.25, -0.2) is 4.79 Å². The molecule has 4 rings (SSSR count). The minimum Gasteiger partial charge on any atom is -0.450 e. The van der Waals surface area contributed by atoms with Crippen molar-refractivity contribution in [3.8, 4) is 0 Å². The van der Waals surface area contributed by atoms with Gasteiger partial charge in [0.15, 0.2) is 0 Å². The highest BCUT2D eigenvalue weighted by Crippen LogP contribution is 2.51. The summed E-state index contributed by atoms with van der Waals surface area (Å²) < 4.78 is 5.22. The van der Waals surface area contributed by atoms with E-state index in [9.17, 15) is 9.59 Å². The zero-order chi connectivity index (χ0) is 18.3. The molecule has 0 spiro atoms. The molecule has 1 aromatic carbocycles. The third-order valence-corrected chi connectivity index (χ3v) is 6.53. The van der Waals surface area contributed by atoms with Crippen molar-refractivity contribution in [1.29, 1.82) is 0 Å². The lowest BCUT2D eigenvalue weighted by molar-refractivity contribution is -0.114. The fraction of sp³-hybridized carbons (Fsp3) is 0.579. The fourth-order valence-corrected chi connectivity index (χ4v) is 5.54. The highest BCUT2D eigenvalue weighted by molar-refractivity contribution is 7.99. The molecule has 1 fully saturated rings. The Kier molecular flexibility index (Phi) is 4.73. The van der Waals surface area contributed by atoms with Gasteiger partial charge in [-0.05, 0) is 43.2 Å². The molecule has 7 heteroatoms. The van der Waals surface area contributed by atoms with E-state index in [1.54, 1.807) is 0 Å². The first-order valence-corrected chi connectivity index (χ1v) is 10.3. The molecule has 0 aromatic heterocycles. The van der Waals surface area contributed by atoms with Gasteiger partial charge in [-0.1, -0.05) is 0 Å². The molecule has 1 saturated heterocycles. The maximum Gasteiger partial charge on any atom is 0.409 e. The lowest BCUT2D eigenvalue weighted by Gasteiger charge is -2.38. The maximum atomic E-state index is 12.2. The Morgan fingerprint density at radius 1 is 1.35 bits per heavy atom. The van der Waals surface area contributed by atoms with Crippen LogP contribution in [0.3, 0.4) is 0 Å². The van der Waals surface area contributed by atoms with E-state index in [4.69, 9.17) is 4.74 Å². The Bertz CT molecular complexity index is 739. The normalized spacial score (nSPS) is 23.8. The van der Waals surface area contributed by atoms with Gasteiger partial charge in [0.1, 0.15) is 0 Å². The maximum absolute atomic E-state index is 12.2. The summed E-state index contributed by atoms with van der Waals surface area (Å²) in [5.41, 5.74) is 3.44. The second-order valence-corrected chi connectivity index (χ2v) is 8.23. The number of piperidine rings is 1. The number of ether oxygens (including phenoxy) is 1. The fourth-order valence-electron chi connectivity index (χ4n) is 4.46. The van der Waals surface area contributed by atoms with Crippen LogP contribution >= 0.6 is 11.8 Å². The number of benzene rings is 1. The van der Waals surface area contributed by atoms with Crippen molar-refractivity contribution in [1.82, 2.24) is 4.90 Å². The highest BCUT2D eigenvalue weighted by atomic mass is 32.2. The molecule has 0 bridgehead atoms. The molecule has 2 atom stereocenters. The number of likely N-dealkylation sites (tertiary alicyclic amines) is 1. The molecule has 3 aliphatic heterocycles. The Balaban J connectivity index is 1.71. The van der Waals surface area contributed by atoms with Gasteiger partial charge in [-0.2, -0.15) is 0 Å². The minimum atomic E-state index is -0.217. The van der Waals surface area contributed by atoms with E-state index < -0.39 is 0 Å².